The molecule has 0 atom stereocenters. The van der Waals surface area contributed by atoms with Crippen LogP contribution in [0, 0.1) is 0 Å². The Kier molecular flexibility index (Phi) is 6.22. The van der Waals surface area contributed by atoms with Gasteiger partial charge in [-0.2, -0.15) is 0 Å². The number of hydrogen-bond acceptors (Lipinski definition) is 3. The fourth-order valence-electron chi connectivity index (χ4n) is 3.35. The van der Waals surface area contributed by atoms with Gasteiger partial charge in [-0.3, -0.25) is 14.6 Å². The summed E-state index contributed by atoms with van der Waals surface area (Å²) in [6.07, 6.45) is 4.46. The Morgan fingerprint density at radius 3 is 2.37 bits per heavy atom. The van der Waals surface area contributed by atoms with Gasteiger partial charge in [0.05, 0.1) is 12.0 Å². The van der Waals surface area contributed by atoms with E-state index in [1.165, 1.54) is 5.56 Å². The maximum absolute atomic E-state index is 12.7. The Labute approximate surface area is 161 Å². The number of aromatic nitrogens is 1. The van der Waals surface area contributed by atoms with Crippen molar-refractivity contribution in [1.82, 2.24) is 14.8 Å². The van der Waals surface area contributed by atoms with E-state index in [9.17, 15) is 9.59 Å². The van der Waals surface area contributed by atoms with E-state index in [1.54, 1.807) is 24.5 Å². The van der Waals surface area contributed by atoms with Gasteiger partial charge in [0.15, 0.2) is 0 Å². The monoisotopic (exact) mass is 365 g/mol. The third-order valence-corrected chi connectivity index (χ3v) is 5.05. The first-order valence-corrected chi connectivity index (χ1v) is 9.60. The summed E-state index contributed by atoms with van der Waals surface area (Å²) in [7, 11) is 0. The lowest BCUT2D eigenvalue weighted by molar-refractivity contribution is -0.130. The van der Waals surface area contributed by atoms with Gasteiger partial charge in [-0.15, -0.1) is 0 Å². The highest BCUT2D eigenvalue weighted by Gasteiger charge is 2.23. The smallest absolute Gasteiger partial charge is 0.255 e. The van der Waals surface area contributed by atoms with Gasteiger partial charge in [-0.05, 0) is 35.6 Å². The van der Waals surface area contributed by atoms with E-state index < -0.39 is 0 Å². The number of rotatable bonds is 4. The van der Waals surface area contributed by atoms with E-state index in [-0.39, 0.29) is 11.8 Å². The molecule has 0 saturated carbocycles. The first-order valence-electron chi connectivity index (χ1n) is 9.60. The molecule has 1 aliphatic rings. The molecule has 5 nitrogen and oxygen atoms in total. The minimum atomic E-state index is -0.0123. The van der Waals surface area contributed by atoms with Crippen molar-refractivity contribution in [2.24, 2.45) is 0 Å². The number of nitrogens with zero attached hydrogens (tertiary/aromatic N) is 3. The summed E-state index contributed by atoms with van der Waals surface area (Å²) in [4.78, 5) is 33.0. The van der Waals surface area contributed by atoms with Crippen molar-refractivity contribution in [3.8, 4) is 0 Å². The van der Waals surface area contributed by atoms with Gasteiger partial charge in [-0.25, -0.2) is 0 Å². The summed E-state index contributed by atoms with van der Waals surface area (Å²) in [5, 5.41) is 0. The Hall–Kier alpha value is -2.69. The summed E-state index contributed by atoms with van der Waals surface area (Å²) in [6, 6.07) is 11.8. The van der Waals surface area contributed by atoms with Crippen molar-refractivity contribution in [1.29, 1.82) is 0 Å². The van der Waals surface area contributed by atoms with E-state index in [0.29, 0.717) is 44.1 Å². The van der Waals surface area contributed by atoms with Crippen molar-refractivity contribution in [3.05, 3.63) is 65.5 Å². The van der Waals surface area contributed by atoms with Crippen molar-refractivity contribution < 1.29 is 9.59 Å². The van der Waals surface area contributed by atoms with Crippen LogP contribution in [-0.4, -0.2) is 52.8 Å². The quantitative estimate of drug-likeness (QED) is 0.836. The van der Waals surface area contributed by atoms with Crippen LogP contribution in [0.4, 0.5) is 0 Å². The van der Waals surface area contributed by atoms with Crippen molar-refractivity contribution in [2.45, 2.75) is 32.6 Å². The van der Waals surface area contributed by atoms with Gasteiger partial charge in [-0.1, -0.05) is 38.1 Å². The molecule has 3 rings (SSSR count). The molecule has 2 aromatic rings. The Morgan fingerprint density at radius 2 is 1.70 bits per heavy atom. The van der Waals surface area contributed by atoms with E-state index in [4.69, 9.17) is 0 Å². The number of carbonyl (C=O) groups excluding carboxylic acids is 2. The molecule has 142 valence electrons. The average Bonchev–Trinajstić information content (AvgIpc) is 2.95. The minimum absolute atomic E-state index is 0.0123. The minimum Gasteiger partial charge on any atom is -0.341 e. The lowest BCUT2D eigenvalue weighted by atomic mass is 10.0. The molecule has 1 saturated heterocycles. The van der Waals surface area contributed by atoms with E-state index in [0.717, 1.165) is 12.0 Å². The fraction of sp³-hybridized carbons (Fsp3) is 0.409. The Morgan fingerprint density at radius 1 is 1.00 bits per heavy atom. The molecule has 0 aliphatic carbocycles. The molecule has 1 aromatic heterocycles. The molecule has 0 N–H and O–H groups in total. The van der Waals surface area contributed by atoms with Crippen molar-refractivity contribution in [2.75, 3.05) is 26.2 Å². The highest BCUT2D eigenvalue weighted by molar-refractivity contribution is 5.94. The van der Waals surface area contributed by atoms with Gasteiger partial charge < -0.3 is 9.80 Å². The second-order valence-corrected chi connectivity index (χ2v) is 7.34. The largest absolute Gasteiger partial charge is 0.341 e. The molecule has 2 heterocycles. The highest BCUT2D eigenvalue weighted by Crippen LogP contribution is 2.16. The van der Waals surface area contributed by atoms with Crippen molar-refractivity contribution in [3.63, 3.8) is 0 Å². The third-order valence-electron chi connectivity index (χ3n) is 5.05. The molecule has 1 aromatic carbocycles. The van der Waals surface area contributed by atoms with Crippen LogP contribution in [0.3, 0.4) is 0 Å². The maximum atomic E-state index is 12.7. The second-order valence-electron chi connectivity index (χ2n) is 7.34. The predicted molar refractivity (Wildman–Crippen MR) is 106 cm³/mol. The third kappa shape index (κ3) is 4.94. The van der Waals surface area contributed by atoms with Crippen LogP contribution in [0.25, 0.3) is 0 Å². The molecule has 0 spiro atoms. The predicted octanol–water partition coefficient (Wildman–Crippen LogP) is 3.12. The average molecular weight is 365 g/mol. The lowest BCUT2D eigenvalue weighted by Gasteiger charge is -2.22. The van der Waals surface area contributed by atoms with Gasteiger partial charge in [0.2, 0.25) is 5.91 Å². The number of pyridine rings is 1. The Balaban J connectivity index is 1.57. The molecule has 1 aliphatic heterocycles. The van der Waals surface area contributed by atoms with Gasteiger partial charge in [0.1, 0.15) is 0 Å². The first-order chi connectivity index (χ1) is 13.0. The Bertz CT molecular complexity index is 772. The van der Waals surface area contributed by atoms with Crippen LogP contribution >= 0.6 is 0 Å². The van der Waals surface area contributed by atoms with E-state index in [2.05, 4.69) is 31.0 Å². The molecule has 0 bridgehead atoms. The first kappa shape index (κ1) is 19.1. The zero-order valence-electron chi connectivity index (χ0n) is 16.1. The molecule has 2 amide bonds. The van der Waals surface area contributed by atoms with Crippen LogP contribution in [-0.2, 0) is 11.2 Å². The highest BCUT2D eigenvalue weighted by atomic mass is 16.2. The van der Waals surface area contributed by atoms with Crippen LogP contribution in [0.1, 0.15) is 47.7 Å². The normalized spacial score (nSPS) is 14.9. The van der Waals surface area contributed by atoms with Crippen LogP contribution in [0.2, 0.25) is 0 Å². The van der Waals surface area contributed by atoms with Gasteiger partial charge >= 0.3 is 0 Å². The van der Waals surface area contributed by atoms with Gasteiger partial charge in [0.25, 0.3) is 5.91 Å². The van der Waals surface area contributed by atoms with Crippen LogP contribution in [0.15, 0.2) is 48.8 Å². The molecular formula is C22H27N3O2. The molecule has 0 radical (unpaired) electrons. The zero-order chi connectivity index (χ0) is 19.2. The number of carbonyl (C=O) groups is 2. The molecule has 1 fully saturated rings. The second kappa shape index (κ2) is 8.80. The van der Waals surface area contributed by atoms with Gasteiger partial charge in [0, 0.05) is 38.6 Å². The number of hydrogen-bond donors (Lipinski definition) is 0. The standard InChI is InChI=1S/C22H27N3O2/c1-17(2)19-8-6-18(7-9-19)15-21(26)24-11-4-12-25(14-13-24)22(27)20-5-3-10-23-16-20/h3,5-10,16-17H,4,11-15H2,1-2H3. The summed E-state index contributed by atoms with van der Waals surface area (Å²) >= 11 is 0. The summed E-state index contributed by atoms with van der Waals surface area (Å²) in [6.45, 7) is 6.83. The van der Waals surface area contributed by atoms with E-state index in [1.807, 2.05) is 21.9 Å². The molecular weight excluding hydrogens is 338 g/mol. The van der Waals surface area contributed by atoms with E-state index >= 15 is 0 Å². The number of amides is 2. The molecule has 27 heavy (non-hydrogen) atoms. The maximum Gasteiger partial charge on any atom is 0.255 e. The van der Waals surface area contributed by atoms with Crippen molar-refractivity contribution >= 4 is 11.8 Å². The molecule has 5 heteroatoms. The fourth-order valence-corrected chi connectivity index (χ4v) is 3.35. The topological polar surface area (TPSA) is 53.5 Å². The summed E-state index contributed by atoms with van der Waals surface area (Å²) < 4.78 is 0. The summed E-state index contributed by atoms with van der Waals surface area (Å²) in [5.41, 5.74) is 2.92. The van der Waals surface area contributed by atoms with Crippen LogP contribution in [0.5, 0.6) is 0 Å². The zero-order valence-corrected chi connectivity index (χ0v) is 16.1. The molecule has 0 unspecified atom stereocenters. The SMILES string of the molecule is CC(C)c1ccc(CC(=O)N2CCCN(C(=O)c3cccnc3)CC2)cc1. The van der Waals surface area contributed by atoms with Crippen LogP contribution < -0.4 is 0 Å². The summed E-state index contributed by atoms with van der Waals surface area (Å²) in [5.74, 6) is 0.605. The number of benzene rings is 1. The lowest BCUT2D eigenvalue weighted by Crippen LogP contribution is -2.38.